The first-order valence-electron chi connectivity index (χ1n) is 19.5. The SMILES string of the molecule is CCCC(C)(CC)c1ccc(C(=O)c2ccc(Oc3ccc(C(c4ccc(OC(C)(CC)CC)c(S(=O)(=O)O)c4)(C(F)(F)F)C(F)(F)F)cc3S(=O)(=O)O)c(S(=O)(=O)O)c2)cc1S(=O)(=O)O. The van der Waals surface area contributed by atoms with Crippen molar-refractivity contribution in [1.82, 2.24) is 0 Å². The lowest BCUT2D eigenvalue weighted by molar-refractivity contribution is -0.288. The maximum atomic E-state index is 15.3. The summed E-state index contributed by atoms with van der Waals surface area (Å²) in [4.78, 5) is 8.30. The highest BCUT2D eigenvalue weighted by atomic mass is 32.2. The van der Waals surface area contributed by atoms with Crippen LogP contribution < -0.4 is 9.47 Å². The van der Waals surface area contributed by atoms with Gasteiger partial charge in [0.25, 0.3) is 40.5 Å². The summed E-state index contributed by atoms with van der Waals surface area (Å²) in [5, 5.41) is 0. The summed E-state index contributed by atoms with van der Waals surface area (Å²) in [6, 6.07) is 5.40. The number of carbonyl (C=O) groups is 1. The van der Waals surface area contributed by atoms with Crippen LogP contribution in [0, 0.1) is 0 Å². The van der Waals surface area contributed by atoms with Gasteiger partial charge < -0.3 is 9.47 Å². The van der Waals surface area contributed by atoms with Crippen LogP contribution in [0.15, 0.2) is 92.4 Å². The molecule has 4 N–H and O–H groups in total. The van der Waals surface area contributed by atoms with Crippen molar-refractivity contribution in [3.8, 4) is 17.2 Å². The minimum Gasteiger partial charge on any atom is -0.486 e. The number of hydrogen-bond donors (Lipinski definition) is 4. The van der Waals surface area contributed by atoms with Gasteiger partial charge in [0.2, 0.25) is 5.41 Å². The van der Waals surface area contributed by atoms with Gasteiger partial charge in [-0.3, -0.25) is 23.0 Å². The molecule has 0 fully saturated rings. The number of carbonyl (C=O) groups excluding carboxylic acids is 1. The zero-order valence-corrected chi connectivity index (χ0v) is 38.9. The fourth-order valence-electron chi connectivity index (χ4n) is 7.35. The van der Waals surface area contributed by atoms with Crippen LogP contribution in [-0.2, 0) is 51.3 Å². The molecule has 0 aliphatic heterocycles. The first-order valence-corrected chi connectivity index (χ1v) is 25.2. The number of benzene rings is 4. The van der Waals surface area contributed by atoms with Crippen LogP contribution >= 0.6 is 0 Å². The standard InChI is InChI=1S/C41H44F6O15S4/c1-7-19-37(5,8-2)28-15-11-24(20-32(28)63(49,50)51)36(48)25-12-16-29(33(21-25)64(52,53)54)61-30-17-13-26(22-34(30)65(55,56)57)39(40(42,43)44,41(45,46)47)27-14-18-31(35(23-27)66(58,59)60)62-38(6,9-3)10-4/h11-18,20-23H,7-10,19H2,1-6H3,(H,49,50,51)(H,52,53,54)(H,55,56,57)(H,58,59,60). The Labute approximate surface area is 377 Å². The number of ether oxygens (including phenoxy) is 2. The molecule has 0 heterocycles. The van der Waals surface area contributed by atoms with Crippen molar-refractivity contribution in [1.29, 1.82) is 0 Å². The molecular weight excluding hydrogens is 975 g/mol. The summed E-state index contributed by atoms with van der Waals surface area (Å²) in [7, 11) is -22.1. The van der Waals surface area contributed by atoms with Crippen molar-refractivity contribution >= 4 is 46.3 Å². The van der Waals surface area contributed by atoms with E-state index in [0.717, 1.165) is 12.1 Å². The number of halogens is 6. The predicted octanol–water partition coefficient (Wildman–Crippen LogP) is 9.53. The second kappa shape index (κ2) is 18.5. The van der Waals surface area contributed by atoms with Crippen molar-refractivity contribution in [2.45, 2.75) is 122 Å². The van der Waals surface area contributed by atoms with Crippen molar-refractivity contribution in [3.63, 3.8) is 0 Å². The minimum absolute atomic E-state index is 0.0132. The number of ketones is 1. The predicted molar refractivity (Wildman–Crippen MR) is 224 cm³/mol. The summed E-state index contributed by atoms with van der Waals surface area (Å²) in [5.41, 5.74) is -12.2. The molecular formula is C41H44F6O15S4. The van der Waals surface area contributed by atoms with E-state index in [0.29, 0.717) is 37.5 Å². The smallest absolute Gasteiger partial charge is 0.411 e. The van der Waals surface area contributed by atoms with Gasteiger partial charge in [-0.25, -0.2) is 0 Å². The summed E-state index contributed by atoms with van der Waals surface area (Å²) in [5.74, 6) is -4.41. The van der Waals surface area contributed by atoms with Crippen LogP contribution in [0.3, 0.4) is 0 Å². The first kappa shape index (κ1) is 54.0. The molecule has 4 rings (SSSR count). The molecule has 0 aromatic heterocycles. The Morgan fingerprint density at radius 2 is 0.909 bits per heavy atom. The lowest BCUT2D eigenvalue weighted by Crippen LogP contribution is -2.55. The van der Waals surface area contributed by atoms with Crippen molar-refractivity contribution in [2.24, 2.45) is 0 Å². The molecule has 15 nitrogen and oxygen atoms in total. The maximum absolute atomic E-state index is 15.3. The average molecular weight is 1020 g/mol. The lowest BCUT2D eigenvalue weighted by atomic mass is 9.73. The zero-order valence-electron chi connectivity index (χ0n) is 35.6. The molecule has 364 valence electrons. The summed E-state index contributed by atoms with van der Waals surface area (Å²) in [6.07, 6.45) is -11.3. The summed E-state index contributed by atoms with van der Waals surface area (Å²) < 4.78 is 244. The third kappa shape index (κ3) is 10.7. The third-order valence-corrected chi connectivity index (χ3v) is 15.0. The normalized spacial score (nSPS) is 14.4. The molecule has 0 saturated carbocycles. The Kier molecular flexibility index (Phi) is 15.1. The van der Waals surface area contributed by atoms with Crippen LogP contribution in [0.1, 0.15) is 106 Å². The molecule has 0 aliphatic carbocycles. The van der Waals surface area contributed by atoms with Gasteiger partial charge in [-0.1, -0.05) is 65.3 Å². The monoisotopic (exact) mass is 1020 g/mol. The van der Waals surface area contributed by atoms with E-state index in [9.17, 15) is 56.7 Å². The maximum Gasteiger partial charge on any atom is 0.411 e. The number of alkyl halides is 6. The minimum atomic E-state index is -6.53. The van der Waals surface area contributed by atoms with Crippen molar-refractivity contribution in [2.75, 3.05) is 0 Å². The van der Waals surface area contributed by atoms with E-state index in [4.69, 9.17) is 9.47 Å². The molecule has 0 spiro atoms. The Hall–Kier alpha value is -4.63. The van der Waals surface area contributed by atoms with Gasteiger partial charge in [0.15, 0.2) is 5.78 Å². The molecule has 25 heteroatoms. The van der Waals surface area contributed by atoms with E-state index in [1.54, 1.807) is 27.7 Å². The van der Waals surface area contributed by atoms with Crippen LogP contribution in [0.2, 0.25) is 0 Å². The highest BCUT2D eigenvalue weighted by Crippen LogP contribution is 2.57. The van der Waals surface area contributed by atoms with Crippen LogP contribution in [0.25, 0.3) is 0 Å². The van der Waals surface area contributed by atoms with E-state index < -0.39 is 134 Å². The van der Waals surface area contributed by atoms with Crippen molar-refractivity contribution in [3.05, 3.63) is 101 Å². The molecule has 0 aliphatic rings. The van der Waals surface area contributed by atoms with Gasteiger partial charge in [0.05, 0.1) is 4.90 Å². The van der Waals surface area contributed by atoms with E-state index in [2.05, 4.69) is 0 Å². The quantitative estimate of drug-likeness (QED) is 0.0411. The van der Waals surface area contributed by atoms with Gasteiger partial charge in [0, 0.05) is 11.1 Å². The van der Waals surface area contributed by atoms with E-state index in [1.807, 2.05) is 6.92 Å². The zero-order chi connectivity index (χ0) is 50.4. The first-order chi connectivity index (χ1) is 30.0. The Morgan fingerprint density at radius 3 is 1.30 bits per heavy atom. The van der Waals surface area contributed by atoms with Gasteiger partial charge >= 0.3 is 12.4 Å². The van der Waals surface area contributed by atoms with Crippen LogP contribution in [0.5, 0.6) is 17.2 Å². The fraction of sp³-hybridized carbons (Fsp3) is 0.390. The molecule has 1 atom stereocenters. The molecule has 0 saturated heterocycles. The summed E-state index contributed by atoms with van der Waals surface area (Å²) >= 11 is 0. The number of hydrogen-bond acceptors (Lipinski definition) is 11. The second-order valence-corrected chi connectivity index (χ2v) is 21.3. The Morgan fingerprint density at radius 1 is 0.530 bits per heavy atom. The van der Waals surface area contributed by atoms with E-state index >= 15 is 26.3 Å². The van der Waals surface area contributed by atoms with E-state index in [-0.39, 0.29) is 48.7 Å². The lowest BCUT2D eigenvalue weighted by Gasteiger charge is -2.39. The second-order valence-electron chi connectivity index (χ2n) is 15.7. The van der Waals surface area contributed by atoms with Gasteiger partial charge in [-0.05, 0) is 103 Å². The van der Waals surface area contributed by atoms with Crippen LogP contribution in [-0.4, -0.2) is 75.6 Å². The molecule has 0 bridgehead atoms. The molecule has 4 aromatic rings. The van der Waals surface area contributed by atoms with Gasteiger partial charge in [0.1, 0.15) is 37.5 Å². The molecule has 0 radical (unpaired) electrons. The molecule has 4 aromatic carbocycles. The van der Waals surface area contributed by atoms with Gasteiger partial charge in [-0.2, -0.15) is 60.0 Å². The topological polar surface area (TPSA) is 253 Å². The third-order valence-electron chi connectivity index (χ3n) is 11.5. The fourth-order valence-corrected chi connectivity index (χ4v) is 10.1. The van der Waals surface area contributed by atoms with Crippen LogP contribution in [0.4, 0.5) is 26.3 Å². The molecule has 0 amide bonds. The number of rotatable bonds is 18. The van der Waals surface area contributed by atoms with Crippen molar-refractivity contribution < 1.29 is 92.5 Å². The largest absolute Gasteiger partial charge is 0.486 e. The highest BCUT2D eigenvalue weighted by Gasteiger charge is 2.73. The summed E-state index contributed by atoms with van der Waals surface area (Å²) in [6.45, 7) is 9.93. The highest BCUT2D eigenvalue weighted by molar-refractivity contribution is 7.86. The molecule has 66 heavy (non-hydrogen) atoms. The Balaban J connectivity index is 1.96. The Bertz CT molecular complexity index is 2970. The average Bonchev–Trinajstić information content (AvgIpc) is 3.19. The van der Waals surface area contributed by atoms with Gasteiger partial charge in [-0.15, -0.1) is 0 Å². The van der Waals surface area contributed by atoms with E-state index in [1.165, 1.54) is 19.1 Å². The molecule has 1 unspecified atom stereocenters.